The number of amides is 1. The van der Waals surface area contributed by atoms with Gasteiger partial charge in [0, 0.05) is 11.6 Å². The molecule has 0 aliphatic heterocycles. The Morgan fingerprint density at radius 2 is 1.83 bits per heavy atom. The molecule has 0 spiro atoms. The molecule has 2 aromatic rings. The summed E-state index contributed by atoms with van der Waals surface area (Å²) in [7, 11) is 0. The molecule has 18 heavy (non-hydrogen) atoms. The lowest BCUT2D eigenvalue weighted by atomic mass is 9.86. The van der Waals surface area contributed by atoms with Gasteiger partial charge in [-0.15, -0.1) is 0 Å². The van der Waals surface area contributed by atoms with Crippen molar-refractivity contribution in [1.82, 2.24) is 5.16 Å². The summed E-state index contributed by atoms with van der Waals surface area (Å²) < 4.78 is 5.09. The van der Waals surface area contributed by atoms with Gasteiger partial charge in [-0.2, -0.15) is 0 Å². The van der Waals surface area contributed by atoms with Crippen LogP contribution in [0.25, 0.3) is 11.3 Å². The molecule has 0 aliphatic rings. The van der Waals surface area contributed by atoms with Gasteiger partial charge in [0.2, 0.25) is 0 Å². The van der Waals surface area contributed by atoms with E-state index < -0.39 is 5.91 Å². The third kappa shape index (κ3) is 2.42. The van der Waals surface area contributed by atoms with Crippen LogP contribution in [-0.4, -0.2) is 11.1 Å². The fourth-order valence-corrected chi connectivity index (χ4v) is 1.66. The van der Waals surface area contributed by atoms with Gasteiger partial charge < -0.3 is 10.3 Å². The highest BCUT2D eigenvalue weighted by Gasteiger charge is 2.14. The molecule has 0 atom stereocenters. The number of carbonyl (C=O) groups is 1. The van der Waals surface area contributed by atoms with E-state index in [9.17, 15) is 4.79 Å². The molecule has 1 heterocycles. The summed E-state index contributed by atoms with van der Waals surface area (Å²) in [6, 6.07) is 9.54. The Hall–Kier alpha value is -2.10. The first kappa shape index (κ1) is 12.4. The molecule has 94 valence electrons. The lowest BCUT2D eigenvalue weighted by Gasteiger charge is -2.18. The van der Waals surface area contributed by atoms with Gasteiger partial charge >= 0.3 is 0 Å². The van der Waals surface area contributed by atoms with Crippen LogP contribution in [0.1, 0.15) is 36.8 Å². The Labute approximate surface area is 106 Å². The molecule has 0 radical (unpaired) electrons. The van der Waals surface area contributed by atoms with Gasteiger partial charge in [0.1, 0.15) is 0 Å². The van der Waals surface area contributed by atoms with Gasteiger partial charge in [0.25, 0.3) is 5.91 Å². The topological polar surface area (TPSA) is 69.1 Å². The van der Waals surface area contributed by atoms with E-state index >= 15 is 0 Å². The Morgan fingerprint density at radius 1 is 1.22 bits per heavy atom. The smallest absolute Gasteiger partial charge is 0.270 e. The third-order valence-corrected chi connectivity index (χ3v) is 2.80. The zero-order valence-electron chi connectivity index (χ0n) is 10.7. The van der Waals surface area contributed by atoms with Gasteiger partial charge in [0.05, 0.1) is 0 Å². The fourth-order valence-electron chi connectivity index (χ4n) is 1.66. The summed E-state index contributed by atoms with van der Waals surface area (Å²) in [6.07, 6.45) is 0. The summed E-state index contributed by atoms with van der Waals surface area (Å²) in [5.41, 5.74) is 7.49. The summed E-state index contributed by atoms with van der Waals surface area (Å²) >= 11 is 0. The highest BCUT2D eigenvalue weighted by atomic mass is 16.5. The Kier molecular flexibility index (Phi) is 2.95. The average Bonchev–Trinajstić information content (AvgIpc) is 2.77. The first-order valence-electron chi connectivity index (χ1n) is 5.75. The minimum absolute atomic E-state index is 0.109. The molecule has 1 aromatic heterocycles. The highest BCUT2D eigenvalue weighted by molar-refractivity contribution is 5.91. The second kappa shape index (κ2) is 4.29. The molecule has 0 saturated heterocycles. The normalized spacial score (nSPS) is 11.5. The molecule has 0 bridgehead atoms. The van der Waals surface area contributed by atoms with Crippen LogP contribution < -0.4 is 5.73 Å². The molecule has 4 nitrogen and oxygen atoms in total. The van der Waals surface area contributed by atoms with Crippen molar-refractivity contribution in [2.45, 2.75) is 26.2 Å². The molecule has 2 rings (SSSR count). The molecule has 1 amide bonds. The first-order valence-corrected chi connectivity index (χ1v) is 5.75. The van der Waals surface area contributed by atoms with Crippen molar-refractivity contribution in [2.24, 2.45) is 5.73 Å². The van der Waals surface area contributed by atoms with Crippen LogP contribution >= 0.6 is 0 Å². The maximum absolute atomic E-state index is 10.9. The Balaban J connectivity index is 2.31. The predicted molar refractivity (Wildman–Crippen MR) is 69.2 cm³/mol. The number of nitrogens with two attached hydrogens (primary N) is 1. The molecule has 1 aromatic carbocycles. The minimum atomic E-state index is -0.587. The van der Waals surface area contributed by atoms with Crippen molar-refractivity contribution in [3.8, 4) is 11.3 Å². The van der Waals surface area contributed by atoms with Crippen molar-refractivity contribution in [3.05, 3.63) is 41.6 Å². The fraction of sp³-hybridized carbons (Fsp3) is 0.286. The van der Waals surface area contributed by atoms with Crippen molar-refractivity contribution >= 4 is 5.91 Å². The average molecular weight is 244 g/mol. The largest absolute Gasteiger partial charge is 0.364 e. The molecule has 0 fully saturated rings. The number of nitrogens with zero attached hydrogens (tertiary/aromatic N) is 1. The van der Waals surface area contributed by atoms with Gasteiger partial charge in [-0.05, 0) is 11.0 Å². The Bertz CT molecular complexity index is 562. The number of carbonyl (C=O) groups excluding carboxylic acids is 1. The van der Waals surface area contributed by atoms with E-state index in [1.54, 1.807) is 6.07 Å². The number of aromatic nitrogens is 1. The van der Waals surface area contributed by atoms with Crippen molar-refractivity contribution in [3.63, 3.8) is 0 Å². The summed E-state index contributed by atoms with van der Waals surface area (Å²) in [5.74, 6) is -0.0411. The van der Waals surface area contributed by atoms with Crippen LogP contribution in [-0.2, 0) is 5.41 Å². The van der Waals surface area contributed by atoms with Crippen LogP contribution in [0.5, 0.6) is 0 Å². The highest BCUT2D eigenvalue weighted by Crippen LogP contribution is 2.26. The van der Waals surface area contributed by atoms with Crippen LogP contribution in [0.2, 0.25) is 0 Å². The van der Waals surface area contributed by atoms with E-state index in [1.165, 1.54) is 5.56 Å². The molecular weight excluding hydrogens is 228 g/mol. The molecule has 0 unspecified atom stereocenters. The van der Waals surface area contributed by atoms with Crippen LogP contribution in [0.3, 0.4) is 0 Å². The molecule has 0 saturated carbocycles. The SMILES string of the molecule is CC(C)(C)c1ccc(-c2cc(C(N)=O)no2)cc1. The van der Waals surface area contributed by atoms with Crippen LogP contribution in [0.15, 0.2) is 34.9 Å². The molecule has 0 aliphatic carbocycles. The summed E-state index contributed by atoms with van der Waals surface area (Å²) in [5, 5.41) is 3.61. The number of benzene rings is 1. The van der Waals surface area contributed by atoms with Gasteiger partial charge in [0.15, 0.2) is 11.5 Å². The monoisotopic (exact) mass is 244 g/mol. The van der Waals surface area contributed by atoms with Gasteiger partial charge in [-0.3, -0.25) is 4.79 Å². The first-order chi connectivity index (χ1) is 8.38. The summed E-state index contributed by atoms with van der Waals surface area (Å²) in [6.45, 7) is 6.46. The van der Waals surface area contributed by atoms with E-state index in [0.29, 0.717) is 5.76 Å². The maximum Gasteiger partial charge on any atom is 0.270 e. The van der Waals surface area contributed by atoms with E-state index in [0.717, 1.165) is 5.56 Å². The molecule has 4 heteroatoms. The van der Waals surface area contributed by atoms with Crippen molar-refractivity contribution < 1.29 is 9.32 Å². The second-order valence-electron chi connectivity index (χ2n) is 5.27. The maximum atomic E-state index is 10.9. The van der Waals surface area contributed by atoms with Gasteiger partial charge in [-0.1, -0.05) is 50.2 Å². The number of primary amides is 1. The van der Waals surface area contributed by atoms with E-state index in [1.807, 2.05) is 24.3 Å². The lowest BCUT2D eigenvalue weighted by molar-refractivity contribution is 0.0992. The Morgan fingerprint density at radius 3 is 2.28 bits per heavy atom. The van der Waals surface area contributed by atoms with E-state index in [-0.39, 0.29) is 11.1 Å². The zero-order chi connectivity index (χ0) is 13.3. The minimum Gasteiger partial charge on any atom is -0.364 e. The van der Waals surface area contributed by atoms with Crippen LogP contribution in [0.4, 0.5) is 0 Å². The van der Waals surface area contributed by atoms with Crippen molar-refractivity contribution in [1.29, 1.82) is 0 Å². The summed E-state index contributed by atoms with van der Waals surface area (Å²) in [4.78, 5) is 10.9. The number of rotatable bonds is 2. The van der Waals surface area contributed by atoms with E-state index in [2.05, 4.69) is 25.9 Å². The molecule has 2 N–H and O–H groups in total. The van der Waals surface area contributed by atoms with E-state index in [4.69, 9.17) is 10.3 Å². The quantitative estimate of drug-likeness (QED) is 0.883. The van der Waals surface area contributed by atoms with Crippen molar-refractivity contribution in [2.75, 3.05) is 0 Å². The molecular formula is C14H16N2O2. The van der Waals surface area contributed by atoms with Crippen LogP contribution in [0, 0.1) is 0 Å². The number of hydrogen-bond acceptors (Lipinski definition) is 3. The third-order valence-electron chi connectivity index (χ3n) is 2.80. The standard InChI is InChI=1S/C14H16N2O2/c1-14(2,3)10-6-4-9(5-7-10)12-8-11(13(15)17)16-18-12/h4-8H,1-3H3,(H2,15,17). The zero-order valence-corrected chi connectivity index (χ0v) is 10.7. The lowest BCUT2D eigenvalue weighted by Crippen LogP contribution is -2.10. The second-order valence-corrected chi connectivity index (χ2v) is 5.27. The van der Waals surface area contributed by atoms with Gasteiger partial charge in [-0.25, -0.2) is 0 Å². The predicted octanol–water partition coefficient (Wildman–Crippen LogP) is 2.74. The number of hydrogen-bond donors (Lipinski definition) is 1.